The molecule has 3 aromatic rings. The molecule has 0 unspecified atom stereocenters. The Balaban J connectivity index is 1.51. The van der Waals surface area contributed by atoms with E-state index in [-0.39, 0.29) is 11.0 Å². The van der Waals surface area contributed by atoms with Crippen LogP contribution in [0.25, 0.3) is 0 Å². The van der Waals surface area contributed by atoms with Gasteiger partial charge < -0.3 is 14.6 Å². The Morgan fingerprint density at radius 3 is 2.92 bits per heavy atom. The zero-order valence-electron chi connectivity index (χ0n) is 14.1. The van der Waals surface area contributed by atoms with Crippen molar-refractivity contribution in [1.82, 2.24) is 4.98 Å². The molecule has 0 saturated heterocycles. The highest BCUT2D eigenvalue weighted by molar-refractivity contribution is 7.15. The summed E-state index contributed by atoms with van der Waals surface area (Å²) in [5, 5.41) is 9.28. The van der Waals surface area contributed by atoms with Crippen LogP contribution in [0.4, 0.5) is 0 Å². The number of aryl methyl sites for hydroxylation is 2. The zero-order valence-corrected chi connectivity index (χ0v) is 15.0. The molecule has 2 aromatic carbocycles. The maximum Gasteiger partial charge on any atom is 0.347 e. The number of carboxylic acids is 1. The molecule has 1 aromatic heterocycles. The number of rotatable bonds is 4. The van der Waals surface area contributed by atoms with Gasteiger partial charge in [0.2, 0.25) is 0 Å². The van der Waals surface area contributed by atoms with E-state index in [9.17, 15) is 4.79 Å². The molecule has 6 heteroatoms. The summed E-state index contributed by atoms with van der Waals surface area (Å²) in [5.74, 6) is 0.494. The van der Waals surface area contributed by atoms with E-state index < -0.39 is 5.97 Å². The normalized spacial score (nSPS) is 15.8. The van der Waals surface area contributed by atoms with E-state index in [2.05, 4.69) is 24.0 Å². The predicted molar refractivity (Wildman–Crippen MR) is 98.5 cm³/mol. The Morgan fingerprint density at radius 2 is 2.15 bits per heavy atom. The second-order valence-electron chi connectivity index (χ2n) is 6.17. The summed E-state index contributed by atoms with van der Waals surface area (Å²) >= 11 is 1.01. The fraction of sp³-hybridized carbons (Fsp3) is 0.200. The highest BCUT2D eigenvalue weighted by atomic mass is 32.1. The molecular formula is C20H17NO4S. The van der Waals surface area contributed by atoms with Crippen molar-refractivity contribution in [3.63, 3.8) is 0 Å². The van der Waals surface area contributed by atoms with Gasteiger partial charge in [-0.3, -0.25) is 0 Å². The first kappa shape index (κ1) is 16.6. The van der Waals surface area contributed by atoms with Gasteiger partial charge >= 0.3 is 5.97 Å². The van der Waals surface area contributed by atoms with Crippen LogP contribution in [0.5, 0.6) is 16.7 Å². The molecule has 5 nitrogen and oxygen atoms in total. The van der Waals surface area contributed by atoms with Gasteiger partial charge in [0.1, 0.15) is 22.5 Å². The Morgan fingerprint density at radius 1 is 1.31 bits per heavy atom. The number of carboxylic acid groups (broad SMARTS) is 1. The van der Waals surface area contributed by atoms with Crippen molar-refractivity contribution < 1.29 is 19.4 Å². The van der Waals surface area contributed by atoms with Crippen LogP contribution < -0.4 is 9.47 Å². The van der Waals surface area contributed by atoms with Gasteiger partial charge in [-0.2, -0.15) is 0 Å². The van der Waals surface area contributed by atoms with Crippen molar-refractivity contribution >= 4 is 17.3 Å². The van der Waals surface area contributed by atoms with Crippen LogP contribution in [0.1, 0.15) is 38.9 Å². The maximum absolute atomic E-state index is 10.9. The van der Waals surface area contributed by atoms with Crippen molar-refractivity contribution in [3.8, 4) is 16.7 Å². The van der Waals surface area contributed by atoms with Crippen molar-refractivity contribution in [3.05, 3.63) is 70.2 Å². The molecule has 0 bridgehead atoms. The van der Waals surface area contributed by atoms with Gasteiger partial charge in [-0.1, -0.05) is 35.6 Å². The predicted octanol–water partition coefficient (Wildman–Crippen LogP) is 5.01. The smallest absolute Gasteiger partial charge is 0.347 e. The lowest BCUT2D eigenvalue weighted by Gasteiger charge is -2.27. The number of carbonyl (C=O) groups is 1. The van der Waals surface area contributed by atoms with Crippen molar-refractivity contribution in [2.75, 3.05) is 0 Å². The molecule has 1 aliphatic heterocycles. The molecule has 1 aliphatic rings. The van der Waals surface area contributed by atoms with Gasteiger partial charge in [0, 0.05) is 0 Å². The van der Waals surface area contributed by atoms with Crippen LogP contribution in [0.3, 0.4) is 0 Å². The lowest BCUT2D eigenvalue weighted by atomic mass is 9.95. The minimum Gasteiger partial charge on any atom is -0.485 e. The zero-order chi connectivity index (χ0) is 18.1. The highest BCUT2D eigenvalue weighted by Gasteiger charge is 2.23. The molecule has 1 atom stereocenters. The lowest BCUT2D eigenvalue weighted by Crippen LogP contribution is -2.16. The van der Waals surface area contributed by atoms with Crippen LogP contribution in [-0.4, -0.2) is 16.1 Å². The number of nitrogens with zero attached hydrogens (tertiary/aromatic N) is 1. The quantitative estimate of drug-likeness (QED) is 0.702. The standard InChI is InChI=1S/C20H17NO4S/c1-12-4-2-3-5-15(12)17-8-6-13-10-14(7-9-16(13)25-17)24-20-21-11-18(26-20)19(22)23/h2-5,7,9-11,17H,6,8H2,1H3,(H,22,23)/t17-/m1/s1. The third-order valence-electron chi connectivity index (χ3n) is 4.41. The van der Waals surface area contributed by atoms with Crippen molar-refractivity contribution in [2.24, 2.45) is 0 Å². The van der Waals surface area contributed by atoms with Gasteiger partial charge in [-0.25, -0.2) is 9.78 Å². The number of aromatic nitrogens is 1. The van der Waals surface area contributed by atoms with Gasteiger partial charge in [-0.05, 0) is 54.7 Å². The minimum atomic E-state index is -1.00. The summed E-state index contributed by atoms with van der Waals surface area (Å²) in [6.45, 7) is 2.10. The van der Waals surface area contributed by atoms with Crippen molar-refractivity contribution in [1.29, 1.82) is 0 Å². The molecule has 0 aliphatic carbocycles. The van der Waals surface area contributed by atoms with Gasteiger partial charge in [0.25, 0.3) is 5.19 Å². The van der Waals surface area contributed by atoms with E-state index in [4.69, 9.17) is 14.6 Å². The number of benzene rings is 2. The number of ether oxygens (including phenoxy) is 2. The number of fused-ring (bicyclic) bond motifs is 1. The Bertz CT molecular complexity index is 966. The molecule has 0 spiro atoms. The summed E-state index contributed by atoms with van der Waals surface area (Å²) in [7, 11) is 0. The average molecular weight is 367 g/mol. The number of hydrogen-bond donors (Lipinski definition) is 1. The monoisotopic (exact) mass is 367 g/mol. The van der Waals surface area contributed by atoms with Gasteiger partial charge in [-0.15, -0.1) is 0 Å². The molecule has 4 rings (SSSR count). The van der Waals surface area contributed by atoms with Crippen LogP contribution in [-0.2, 0) is 6.42 Å². The van der Waals surface area contributed by atoms with Crippen LogP contribution in [0.2, 0.25) is 0 Å². The fourth-order valence-corrected chi connectivity index (χ4v) is 3.72. The van der Waals surface area contributed by atoms with Crippen LogP contribution in [0, 0.1) is 6.92 Å². The molecule has 132 valence electrons. The molecule has 2 heterocycles. The Hall–Kier alpha value is -2.86. The van der Waals surface area contributed by atoms with E-state index in [0.29, 0.717) is 10.9 Å². The third kappa shape index (κ3) is 3.28. The third-order valence-corrected chi connectivity index (χ3v) is 5.28. The summed E-state index contributed by atoms with van der Waals surface area (Å²) in [6.07, 6.45) is 3.16. The Labute approximate surface area is 154 Å². The number of hydrogen-bond acceptors (Lipinski definition) is 5. The summed E-state index contributed by atoms with van der Waals surface area (Å²) in [4.78, 5) is 15.1. The molecular weight excluding hydrogens is 350 g/mol. The topological polar surface area (TPSA) is 68.7 Å². The largest absolute Gasteiger partial charge is 0.485 e. The minimum absolute atomic E-state index is 0.0626. The molecule has 0 amide bonds. The second-order valence-corrected chi connectivity index (χ2v) is 7.16. The first-order chi connectivity index (χ1) is 12.6. The van der Waals surface area contributed by atoms with E-state index in [1.165, 1.54) is 17.3 Å². The SMILES string of the molecule is Cc1ccccc1[C@H]1CCc2cc(Oc3ncc(C(=O)O)s3)ccc2O1. The van der Waals surface area contributed by atoms with Gasteiger partial charge in [0.15, 0.2) is 0 Å². The molecule has 26 heavy (non-hydrogen) atoms. The molecule has 0 radical (unpaired) electrons. The van der Waals surface area contributed by atoms with E-state index in [0.717, 1.165) is 35.5 Å². The first-order valence-electron chi connectivity index (χ1n) is 8.32. The Kier molecular flexibility index (Phi) is 4.34. The summed E-state index contributed by atoms with van der Waals surface area (Å²) in [6, 6.07) is 14.0. The molecule has 1 N–H and O–H groups in total. The van der Waals surface area contributed by atoms with E-state index in [1.807, 2.05) is 30.3 Å². The summed E-state index contributed by atoms with van der Waals surface area (Å²) in [5.41, 5.74) is 3.55. The van der Waals surface area contributed by atoms with Crippen LogP contribution >= 0.6 is 11.3 Å². The second kappa shape index (κ2) is 6.80. The highest BCUT2D eigenvalue weighted by Crippen LogP contribution is 2.38. The van der Waals surface area contributed by atoms with Gasteiger partial charge in [0.05, 0.1) is 6.20 Å². The molecule has 0 fully saturated rings. The van der Waals surface area contributed by atoms with E-state index >= 15 is 0 Å². The summed E-state index contributed by atoms with van der Waals surface area (Å²) < 4.78 is 11.9. The average Bonchev–Trinajstić information content (AvgIpc) is 3.10. The molecule has 0 saturated carbocycles. The fourth-order valence-electron chi connectivity index (χ4n) is 3.10. The van der Waals surface area contributed by atoms with Crippen LogP contribution in [0.15, 0.2) is 48.7 Å². The lowest BCUT2D eigenvalue weighted by molar-refractivity contribution is 0.0702. The van der Waals surface area contributed by atoms with E-state index in [1.54, 1.807) is 0 Å². The number of aromatic carboxylic acids is 1. The van der Waals surface area contributed by atoms with Crippen molar-refractivity contribution in [2.45, 2.75) is 25.9 Å². The first-order valence-corrected chi connectivity index (χ1v) is 9.14. The maximum atomic E-state index is 10.9. The number of thiazole rings is 1.